The SMILES string of the molecule is COc1cc(C(C)CN)ccc1OC1CCN(C)CC1. The zero-order chi connectivity index (χ0) is 14.5. The summed E-state index contributed by atoms with van der Waals surface area (Å²) in [5, 5.41) is 0. The minimum atomic E-state index is 0.290. The molecule has 0 radical (unpaired) electrons. The van der Waals surface area contributed by atoms with E-state index in [1.165, 1.54) is 5.56 Å². The molecule has 1 saturated heterocycles. The van der Waals surface area contributed by atoms with Gasteiger partial charge < -0.3 is 20.1 Å². The molecule has 1 heterocycles. The molecule has 0 spiro atoms. The quantitative estimate of drug-likeness (QED) is 0.897. The molecular weight excluding hydrogens is 252 g/mol. The maximum absolute atomic E-state index is 6.11. The van der Waals surface area contributed by atoms with E-state index >= 15 is 0 Å². The van der Waals surface area contributed by atoms with Crippen molar-refractivity contribution < 1.29 is 9.47 Å². The van der Waals surface area contributed by atoms with Crippen molar-refractivity contribution in [3.05, 3.63) is 23.8 Å². The molecule has 0 aromatic heterocycles. The van der Waals surface area contributed by atoms with Gasteiger partial charge in [-0.1, -0.05) is 13.0 Å². The second kappa shape index (κ2) is 6.95. The first kappa shape index (κ1) is 15.1. The number of hydrogen-bond donors (Lipinski definition) is 1. The van der Waals surface area contributed by atoms with Crippen LogP contribution in [-0.2, 0) is 0 Å². The van der Waals surface area contributed by atoms with E-state index in [2.05, 4.69) is 24.9 Å². The number of methoxy groups -OCH3 is 1. The molecule has 1 aromatic rings. The van der Waals surface area contributed by atoms with E-state index in [0.29, 0.717) is 12.5 Å². The van der Waals surface area contributed by atoms with Gasteiger partial charge in [-0.3, -0.25) is 0 Å². The van der Waals surface area contributed by atoms with Crippen molar-refractivity contribution >= 4 is 0 Å². The number of nitrogens with two attached hydrogens (primary N) is 1. The van der Waals surface area contributed by atoms with Crippen LogP contribution in [0.1, 0.15) is 31.2 Å². The molecular formula is C16H26N2O2. The Balaban J connectivity index is 2.07. The molecule has 0 aliphatic carbocycles. The number of benzene rings is 1. The lowest BCUT2D eigenvalue weighted by atomic mass is 10.0. The lowest BCUT2D eigenvalue weighted by Gasteiger charge is -2.29. The summed E-state index contributed by atoms with van der Waals surface area (Å²) in [5.74, 6) is 1.98. The van der Waals surface area contributed by atoms with Crippen LogP contribution in [0.15, 0.2) is 18.2 Å². The smallest absolute Gasteiger partial charge is 0.161 e. The molecule has 2 N–H and O–H groups in total. The first-order valence-electron chi connectivity index (χ1n) is 7.37. The highest BCUT2D eigenvalue weighted by atomic mass is 16.5. The second-order valence-corrected chi connectivity index (χ2v) is 5.67. The van der Waals surface area contributed by atoms with Gasteiger partial charge in [-0.25, -0.2) is 0 Å². The average molecular weight is 278 g/mol. The Morgan fingerprint density at radius 1 is 1.30 bits per heavy atom. The summed E-state index contributed by atoms with van der Waals surface area (Å²) in [4.78, 5) is 2.34. The Hall–Kier alpha value is -1.26. The third-order valence-electron chi connectivity index (χ3n) is 4.07. The van der Waals surface area contributed by atoms with Crippen LogP contribution in [0.5, 0.6) is 11.5 Å². The van der Waals surface area contributed by atoms with Crippen LogP contribution in [0, 0.1) is 0 Å². The molecule has 1 unspecified atom stereocenters. The lowest BCUT2D eigenvalue weighted by Crippen LogP contribution is -2.35. The van der Waals surface area contributed by atoms with E-state index in [1.54, 1.807) is 7.11 Å². The highest BCUT2D eigenvalue weighted by molar-refractivity contribution is 5.44. The average Bonchev–Trinajstić information content (AvgIpc) is 2.49. The van der Waals surface area contributed by atoms with Gasteiger partial charge in [-0.15, -0.1) is 0 Å². The number of likely N-dealkylation sites (tertiary alicyclic amines) is 1. The highest BCUT2D eigenvalue weighted by Crippen LogP contribution is 2.32. The first-order chi connectivity index (χ1) is 9.63. The Kier molecular flexibility index (Phi) is 5.26. The largest absolute Gasteiger partial charge is 0.493 e. The fourth-order valence-corrected chi connectivity index (χ4v) is 2.51. The molecule has 0 saturated carbocycles. The van der Waals surface area contributed by atoms with E-state index < -0.39 is 0 Å². The first-order valence-corrected chi connectivity index (χ1v) is 7.37. The number of ether oxygens (including phenoxy) is 2. The van der Waals surface area contributed by atoms with Crippen molar-refractivity contribution in [3.8, 4) is 11.5 Å². The van der Waals surface area contributed by atoms with Crippen molar-refractivity contribution in [1.29, 1.82) is 0 Å². The van der Waals surface area contributed by atoms with Crippen LogP contribution in [0.3, 0.4) is 0 Å². The Morgan fingerprint density at radius 2 is 2.00 bits per heavy atom. The Bertz CT molecular complexity index is 428. The number of rotatable bonds is 5. The molecule has 4 nitrogen and oxygen atoms in total. The van der Waals surface area contributed by atoms with Crippen LogP contribution in [0.4, 0.5) is 0 Å². The highest BCUT2D eigenvalue weighted by Gasteiger charge is 2.20. The number of hydrogen-bond acceptors (Lipinski definition) is 4. The van der Waals surface area contributed by atoms with E-state index in [1.807, 2.05) is 12.1 Å². The van der Waals surface area contributed by atoms with Crippen LogP contribution in [0.2, 0.25) is 0 Å². The minimum Gasteiger partial charge on any atom is -0.493 e. The summed E-state index contributed by atoms with van der Waals surface area (Å²) in [6, 6.07) is 6.14. The summed E-state index contributed by atoms with van der Waals surface area (Å²) in [6.45, 7) is 4.94. The zero-order valence-electron chi connectivity index (χ0n) is 12.8. The van der Waals surface area contributed by atoms with Gasteiger partial charge in [-0.2, -0.15) is 0 Å². The van der Waals surface area contributed by atoms with Gasteiger partial charge in [0.05, 0.1) is 7.11 Å². The third-order valence-corrected chi connectivity index (χ3v) is 4.07. The predicted molar refractivity (Wildman–Crippen MR) is 81.6 cm³/mol. The number of piperidine rings is 1. The van der Waals surface area contributed by atoms with Crippen LogP contribution in [0.25, 0.3) is 0 Å². The maximum atomic E-state index is 6.11. The predicted octanol–water partition coefficient (Wildman–Crippen LogP) is 2.23. The molecule has 4 heteroatoms. The third kappa shape index (κ3) is 3.64. The van der Waals surface area contributed by atoms with Crippen molar-refractivity contribution in [1.82, 2.24) is 4.90 Å². The van der Waals surface area contributed by atoms with Crippen LogP contribution < -0.4 is 15.2 Å². The van der Waals surface area contributed by atoms with E-state index in [0.717, 1.165) is 37.4 Å². The van der Waals surface area contributed by atoms with Crippen molar-refractivity contribution in [2.45, 2.75) is 31.8 Å². The summed E-state index contributed by atoms with van der Waals surface area (Å²) in [7, 11) is 3.84. The van der Waals surface area contributed by atoms with E-state index in [9.17, 15) is 0 Å². The van der Waals surface area contributed by atoms with Gasteiger partial charge in [0.25, 0.3) is 0 Å². The van der Waals surface area contributed by atoms with E-state index in [-0.39, 0.29) is 6.10 Å². The van der Waals surface area contributed by atoms with Gasteiger partial charge >= 0.3 is 0 Å². The molecule has 0 amide bonds. The zero-order valence-corrected chi connectivity index (χ0v) is 12.8. The molecule has 1 atom stereocenters. The lowest BCUT2D eigenvalue weighted by molar-refractivity contribution is 0.111. The molecule has 1 aliphatic heterocycles. The van der Waals surface area contributed by atoms with Crippen molar-refractivity contribution in [2.24, 2.45) is 5.73 Å². The second-order valence-electron chi connectivity index (χ2n) is 5.67. The molecule has 2 rings (SSSR count). The standard InChI is InChI=1S/C16H26N2O2/c1-12(11-17)13-4-5-15(16(10-13)19-3)20-14-6-8-18(2)9-7-14/h4-5,10,12,14H,6-9,11,17H2,1-3H3. The molecule has 20 heavy (non-hydrogen) atoms. The molecule has 1 aliphatic rings. The van der Waals surface area contributed by atoms with Crippen LogP contribution in [-0.4, -0.2) is 44.8 Å². The van der Waals surface area contributed by atoms with Crippen LogP contribution >= 0.6 is 0 Å². The van der Waals surface area contributed by atoms with Gasteiger partial charge in [0.15, 0.2) is 11.5 Å². The van der Waals surface area contributed by atoms with Crippen molar-refractivity contribution in [3.63, 3.8) is 0 Å². The molecule has 0 bridgehead atoms. The van der Waals surface area contributed by atoms with Gasteiger partial charge in [0.1, 0.15) is 6.10 Å². The maximum Gasteiger partial charge on any atom is 0.161 e. The summed E-state index contributed by atoms with van der Waals surface area (Å²) in [6.07, 6.45) is 2.43. The molecule has 1 aromatic carbocycles. The summed E-state index contributed by atoms with van der Waals surface area (Å²) >= 11 is 0. The topological polar surface area (TPSA) is 47.7 Å². The summed E-state index contributed by atoms with van der Waals surface area (Å²) in [5.41, 5.74) is 6.91. The monoisotopic (exact) mass is 278 g/mol. The molecule has 1 fully saturated rings. The Morgan fingerprint density at radius 3 is 2.60 bits per heavy atom. The number of nitrogens with zero attached hydrogens (tertiary/aromatic N) is 1. The molecule has 112 valence electrons. The van der Waals surface area contributed by atoms with Gasteiger partial charge in [-0.05, 0) is 50.0 Å². The van der Waals surface area contributed by atoms with Crippen molar-refractivity contribution in [2.75, 3.05) is 33.8 Å². The normalized spacial score (nSPS) is 18.8. The van der Waals surface area contributed by atoms with Gasteiger partial charge in [0.2, 0.25) is 0 Å². The fraction of sp³-hybridized carbons (Fsp3) is 0.625. The van der Waals surface area contributed by atoms with Gasteiger partial charge in [0, 0.05) is 13.1 Å². The Labute approximate surface area is 121 Å². The fourth-order valence-electron chi connectivity index (χ4n) is 2.51. The van der Waals surface area contributed by atoms with E-state index in [4.69, 9.17) is 15.2 Å². The minimum absolute atomic E-state index is 0.290. The summed E-state index contributed by atoms with van der Waals surface area (Å²) < 4.78 is 11.6.